The van der Waals surface area contributed by atoms with Crippen molar-refractivity contribution in [3.63, 3.8) is 0 Å². The van der Waals surface area contributed by atoms with Gasteiger partial charge in [-0.15, -0.1) is 0 Å². The van der Waals surface area contributed by atoms with Crippen molar-refractivity contribution in [1.29, 1.82) is 0 Å². The van der Waals surface area contributed by atoms with Gasteiger partial charge in [-0.05, 0) is 97.7 Å². The minimum atomic E-state index is 1.18. The highest BCUT2D eigenvalue weighted by molar-refractivity contribution is 6.21. The molecule has 0 amide bonds. The maximum atomic E-state index is 2.40. The minimum absolute atomic E-state index is 1.18. The average molecular weight is 573 g/mol. The van der Waals surface area contributed by atoms with Gasteiger partial charge in [-0.25, -0.2) is 0 Å². The van der Waals surface area contributed by atoms with Crippen molar-refractivity contribution >= 4 is 43.5 Å². The predicted octanol–water partition coefficient (Wildman–Crippen LogP) is 11.4. The Labute approximate surface area is 261 Å². The fourth-order valence-corrected chi connectivity index (χ4v) is 7.85. The summed E-state index contributed by atoms with van der Waals surface area (Å²) < 4.78 is 4.66. The van der Waals surface area contributed by atoms with Crippen molar-refractivity contribution in [1.82, 2.24) is 9.13 Å². The third kappa shape index (κ3) is 3.39. The zero-order valence-corrected chi connectivity index (χ0v) is 24.8. The quantitative estimate of drug-likeness (QED) is 0.199. The molecule has 0 bridgehead atoms. The molecular formula is C43H28N2. The minimum Gasteiger partial charge on any atom is -0.350 e. The Bertz CT molecular complexity index is 2620. The van der Waals surface area contributed by atoms with E-state index >= 15 is 0 Å². The summed E-state index contributed by atoms with van der Waals surface area (Å²) in [5, 5.41) is 6.50. The first-order valence-corrected chi connectivity index (χ1v) is 15.6. The van der Waals surface area contributed by atoms with Crippen LogP contribution in [0.25, 0.3) is 93.7 Å². The van der Waals surface area contributed by atoms with Crippen LogP contribution in [0.3, 0.4) is 0 Å². The number of rotatable bonds is 3. The topological polar surface area (TPSA) is 9.86 Å². The lowest BCUT2D eigenvalue weighted by molar-refractivity contribution is 0.973. The monoisotopic (exact) mass is 572 g/mol. The molecule has 210 valence electrons. The number of fused-ring (bicyclic) bond motifs is 8. The molecule has 2 nitrogen and oxygen atoms in total. The van der Waals surface area contributed by atoms with Gasteiger partial charge in [0.05, 0.1) is 16.6 Å². The first-order chi connectivity index (χ1) is 22.2. The molecule has 0 saturated carbocycles. The van der Waals surface area contributed by atoms with E-state index in [0.717, 1.165) is 0 Å². The number of nitrogens with zero attached hydrogens (tertiary/aromatic N) is 2. The van der Waals surface area contributed by atoms with Gasteiger partial charge >= 0.3 is 0 Å². The number of benzene rings is 7. The molecule has 1 aliphatic rings. The standard InChI is InChI=1S/C43H28N2/c1-44-24-23-27-17-22-40-42(43(27)44)38-26-29(18-21-39(38)45(40)31-11-3-2-4-12-31)28-9-7-10-30(25-28)32-19-20-37-34-14-6-5-13-33(34)36-16-8-15-35(32)41(36)37/h2-26H,1H3. The van der Waals surface area contributed by atoms with Crippen LogP contribution in [0.4, 0.5) is 0 Å². The van der Waals surface area contributed by atoms with E-state index in [2.05, 4.69) is 168 Å². The molecule has 2 aromatic heterocycles. The normalized spacial score (nSPS) is 12.1. The van der Waals surface area contributed by atoms with Crippen LogP contribution in [0.2, 0.25) is 0 Å². The van der Waals surface area contributed by atoms with Gasteiger partial charge in [-0.2, -0.15) is 0 Å². The third-order valence-corrected chi connectivity index (χ3v) is 9.83. The third-order valence-electron chi connectivity index (χ3n) is 9.83. The molecule has 10 rings (SSSR count). The van der Waals surface area contributed by atoms with Crippen molar-refractivity contribution < 1.29 is 0 Å². The van der Waals surface area contributed by atoms with Crippen LogP contribution < -0.4 is 0 Å². The van der Waals surface area contributed by atoms with Crippen LogP contribution in [0.5, 0.6) is 0 Å². The average Bonchev–Trinajstić information content (AvgIpc) is 3.75. The van der Waals surface area contributed by atoms with Gasteiger partial charge in [-0.1, -0.05) is 103 Å². The van der Waals surface area contributed by atoms with E-state index in [9.17, 15) is 0 Å². The van der Waals surface area contributed by atoms with Gasteiger partial charge in [0, 0.05) is 35.1 Å². The lowest BCUT2D eigenvalue weighted by atomic mass is 9.92. The van der Waals surface area contributed by atoms with Crippen molar-refractivity contribution in [3.8, 4) is 50.2 Å². The number of hydrogen-bond acceptors (Lipinski definition) is 0. The van der Waals surface area contributed by atoms with Crippen LogP contribution in [0.15, 0.2) is 152 Å². The highest BCUT2D eigenvalue weighted by Gasteiger charge is 2.22. The second-order valence-corrected chi connectivity index (χ2v) is 12.2. The summed E-state index contributed by atoms with van der Waals surface area (Å²) >= 11 is 0. The lowest BCUT2D eigenvalue weighted by Crippen LogP contribution is -1.93. The second-order valence-electron chi connectivity index (χ2n) is 12.2. The Hall–Kier alpha value is -5.86. The number of para-hydroxylation sites is 1. The number of aromatic nitrogens is 2. The Kier molecular flexibility index (Phi) is 4.95. The van der Waals surface area contributed by atoms with Crippen molar-refractivity contribution in [2.24, 2.45) is 7.05 Å². The summed E-state index contributed by atoms with van der Waals surface area (Å²) in [4.78, 5) is 0. The molecule has 2 heteroatoms. The molecule has 2 heterocycles. The van der Waals surface area contributed by atoms with E-state index in [-0.39, 0.29) is 0 Å². The van der Waals surface area contributed by atoms with Crippen LogP contribution in [-0.4, -0.2) is 9.13 Å². The molecule has 7 aromatic carbocycles. The van der Waals surface area contributed by atoms with Crippen LogP contribution in [0.1, 0.15) is 0 Å². The van der Waals surface area contributed by atoms with Crippen molar-refractivity contribution in [2.45, 2.75) is 0 Å². The summed E-state index contributed by atoms with van der Waals surface area (Å²) in [6.45, 7) is 0. The zero-order valence-electron chi connectivity index (χ0n) is 24.8. The van der Waals surface area contributed by atoms with Crippen molar-refractivity contribution in [2.75, 3.05) is 0 Å². The Balaban J connectivity index is 1.18. The van der Waals surface area contributed by atoms with Gasteiger partial charge < -0.3 is 9.13 Å². The number of aryl methyl sites for hydroxylation is 1. The largest absolute Gasteiger partial charge is 0.350 e. The maximum Gasteiger partial charge on any atom is 0.0579 e. The van der Waals surface area contributed by atoms with E-state index < -0.39 is 0 Å². The van der Waals surface area contributed by atoms with Crippen molar-refractivity contribution in [3.05, 3.63) is 152 Å². The predicted molar refractivity (Wildman–Crippen MR) is 190 cm³/mol. The lowest BCUT2D eigenvalue weighted by Gasteiger charge is -2.12. The highest BCUT2D eigenvalue weighted by atomic mass is 15.0. The molecule has 0 atom stereocenters. The number of hydrogen-bond donors (Lipinski definition) is 0. The van der Waals surface area contributed by atoms with Crippen LogP contribution >= 0.6 is 0 Å². The van der Waals surface area contributed by atoms with E-state index in [1.807, 2.05) is 0 Å². The van der Waals surface area contributed by atoms with Gasteiger partial charge in [-0.3, -0.25) is 0 Å². The molecular weight excluding hydrogens is 544 g/mol. The first-order valence-electron chi connectivity index (χ1n) is 15.6. The van der Waals surface area contributed by atoms with Gasteiger partial charge in [0.1, 0.15) is 0 Å². The van der Waals surface area contributed by atoms with E-state index in [0.29, 0.717) is 0 Å². The van der Waals surface area contributed by atoms with Crippen LogP contribution in [-0.2, 0) is 7.05 Å². The first kappa shape index (κ1) is 24.6. The Morgan fingerprint density at radius 2 is 1.11 bits per heavy atom. The molecule has 0 aliphatic heterocycles. The molecule has 0 fully saturated rings. The van der Waals surface area contributed by atoms with Gasteiger partial charge in [0.25, 0.3) is 0 Å². The smallest absolute Gasteiger partial charge is 0.0579 e. The van der Waals surface area contributed by atoms with E-state index in [1.165, 1.54) is 93.7 Å². The molecule has 0 saturated heterocycles. The summed E-state index contributed by atoms with van der Waals surface area (Å²) in [6, 6.07) is 53.7. The SMILES string of the molecule is Cn1ccc2ccc3c(c4cc(-c5cccc(-c6ccc7c8c(cccc68)-c6ccccc6-7)c5)ccc4n3-c3ccccc3)c21. The van der Waals surface area contributed by atoms with E-state index in [1.54, 1.807) is 0 Å². The fraction of sp³-hybridized carbons (Fsp3) is 0.0233. The molecule has 0 spiro atoms. The maximum absolute atomic E-state index is 2.40. The van der Waals surface area contributed by atoms with Crippen LogP contribution in [0, 0.1) is 0 Å². The summed E-state index contributed by atoms with van der Waals surface area (Å²) in [5.74, 6) is 0. The molecule has 0 unspecified atom stereocenters. The van der Waals surface area contributed by atoms with Gasteiger partial charge in [0.15, 0.2) is 0 Å². The van der Waals surface area contributed by atoms with E-state index in [4.69, 9.17) is 0 Å². The summed E-state index contributed by atoms with van der Waals surface area (Å²) in [7, 11) is 2.15. The second kappa shape index (κ2) is 9.07. The Morgan fingerprint density at radius 3 is 1.98 bits per heavy atom. The molecule has 0 N–H and O–H groups in total. The van der Waals surface area contributed by atoms with Gasteiger partial charge in [0.2, 0.25) is 0 Å². The Morgan fingerprint density at radius 1 is 0.422 bits per heavy atom. The zero-order chi connectivity index (χ0) is 29.6. The molecule has 1 aliphatic carbocycles. The highest BCUT2D eigenvalue weighted by Crippen LogP contribution is 2.49. The molecule has 9 aromatic rings. The molecule has 0 radical (unpaired) electrons. The molecule has 45 heavy (non-hydrogen) atoms. The fourth-order valence-electron chi connectivity index (χ4n) is 7.85. The summed E-state index contributed by atoms with van der Waals surface area (Å²) in [6.07, 6.45) is 2.17. The summed E-state index contributed by atoms with van der Waals surface area (Å²) in [5.41, 5.74) is 15.2.